The molecule has 1 fully saturated rings. The number of hydrogen-bond acceptors (Lipinski definition) is 4. The van der Waals surface area contributed by atoms with Gasteiger partial charge in [0, 0.05) is 10.9 Å². The summed E-state index contributed by atoms with van der Waals surface area (Å²) in [5.74, 6) is -0.273. The number of nitrogens with two attached hydrogens (primary N) is 1. The van der Waals surface area contributed by atoms with E-state index >= 15 is 0 Å². The van der Waals surface area contributed by atoms with Gasteiger partial charge in [-0.1, -0.05) is 11.6 Å². The van der Waals surface area contributed by atoms with Crippen LogP contribution in [0.25, 0.3) is 0 Å². The maximum Gasteiger partial charge on any atom is 0.227 e. The quantitative estimate of drug-likeness (QED) is 0.852. The van der Waals surface area contributed by atoms with E-state index in [1.54, 1.807) is 0 Å². The molecule has 4 nitrogen and oxygen atoms in total. The molecule has 2 atom stereocenters. The summed E-state index contributed by atoms with van der Waals surface area (Å²) in [5.41, 5.74) is 5.75. The van der Waals surface area contributed by atoms with Crippen LogP contribution in [0, 0.1) is 5.92 Å². The predicted molar refractivity (Wildman–Crippen MR) is 63.5 cm³/mol. The normalized spacial score (nSPS) is 24.6. The molecule has 88 valence electrons. The van der Waals surface area contributed by atoms with Gasteiger partial charge in [-0.05, 0) is 12.1 Å². The van der Waals surface area contributed by atoms with E-state index in [2.05, 4.69) is 5.32 Å². The van der Waals surface area contributed by atoms with E-state index in [9.17, 15) is 4.79 Å². The average Bonchev–Trinajstić information content (AvgIpc) is 2.84. The van der Waals surface area contributed by atoms with Gasteiger partial charge < -0.3 is 15.8 Å². The van der Waals surface area contributed by atoms with Crippen LogP contribution in [-0.4, -0.2) is 25.2 Å². The number of amides is 1. The highest BCUT2D eigenvalue weighted by molar-refractivity contribution is 7.16. The Balaban J connectivity index is 1.83. The first kappa shape index (κ1) is 11.9. The molecule has 1 aliphatic rings. The summed E-state index contributed by atoms with van der Waals surface area (Å²) in [4.78, 5) is 12.8. The van der Waals surface area contributed by atoms with Crippen molar-refractivity contribution in [3.8, 4) is 0 Å². The minimum absolute atomic E-state index is 0.0467. The number of rotatable bonds is 3. The van der Waals surface area contributed by atoms with Crippen LogP contribution < -0.4 is 11.1 Å². The lowest BCUT2D eigenvalue weighted by Gasteiger charge is -2.12. The summed E-state index contributed by atoms with van der Waals surface area (Å²) in [6.07, 6.45) is 0. The Bertz CT molecular complexity index is 383. The number of halogens is 1. The summed E-state index contributed by atoms with van der Waals surface area (Å²) in [6.45, 7) is 1.38. The van der Waals surface area contributed by atoms with Gasteiger partial charge in [0.1, 0.15) is 0 Å². The molecule has 0 radical (unpaired) electrons. The van der Waals surface area contributed by atoms with Crippen molar-refractivity contribution < 1.29 is 9.53 Å². The fourth-order valence-electron chi connectivity index (χ4n) is 1.59. The molecule has 0 saturated carbocycles. The summed E-state index contributed by atoms with van der Waals surface area (Å²) >= 11 is 7.25. The molecule has 3 N–H and O–H groups in total. The zero-order valence-electron chi connectivity index (χ0n) is 8.61. The monoisotopic (exact) mass is 260 g/mol. The number of hydrogen-bond donors (Lipinski definition) is 2. The van der Waals surface area contributed by atoms with Crippen LogP contribution in [0.2, 0.25) is 4.34 Å². The van der Waals surface area contributed by atoms with Crippen LogP contribution in [-0.2, 0) is 16.1 Å². The van der Waals surface area contributed by atoms with Crippen LogP contribution >= 0.6 is 22.9 Å². The van der Waals surface area contributed by atoms with Crippen molar-refractivity contribution in [2.45, 2.75) is 12.6 Å². The van der Waals surface area contributed by atoms with E-state index in [0.717, 1.165) is 9.21 Å². The molecule has 0 aliphatic carbocycles. The molecule has 0 spiro atoms. The fraction of sp³-hybridized carbons (Fsp3) is 0.500. The van der Waals surface area contributed by atoms with Gasteiger partial charge in [-0.3, -0.25) is 4.79 Å². The molecule has 16 heavy (non-hydrogen) atoms. The zero-order chi connectivity index (χ0) is 11.5. The van der Waals surface area contributed by atoms with Crippen LogP contribution in [0.5, 0.6) is 0 Å². The molecule has 1 aromatic rings. The Hall–Kier alpha value is -0.620. The number of ether oxygens (including phenoxy) is 1. The number of carbonyl (C=O) groups excluding carboxylic acids is 1. The van der Waals surface area contributed by atoms with Crippen LogP contribution in [0.4, 0.5) is 0 Å². The maximum atomic E-state index is 11.7. The molecule has 0 aromatic carbocycles. The zero-order valence-corrected chi connectivity index (χ0v) is 10.2. The van der Waals surface area contributed by atoms with Gasteiger partial charge in [0.05, 0.1) is 30.0 Å². The molecule has 2 unspecified atom stereocenters. The molecular formula is C10H13ClN2O2S. The Kier molecular flexibility index (Phi) is 3.81. The molecular weight excluding hydrogens is 248 g/mol. The minimum Gasteiger partial charge on any atom is -0.379 e. The van der Waals surface area contributed by atoms with Crippen molar-refractivity contribution in [3.05, 3.63) is 21.3 Å². The van der Waals surface area contributed by atoms with E-state index < -0.39 is 0 Å². The van der Waals surface area contributed by atoms with Gasteiger partial charge in [-0.25, -0.2) is 0 Å². The lowest BCUT2D eigenvalue weighted by atomic mass is 10.0. The second kappa shape index (κ2) is 5.14. The highest BCUT2D eigenvalue weighted by Gasteiger charge is 2.30. The van der Waals surface area contributed by atoms with Crippen LogP contribution in [0.15, 0.2) is 12.1 Å². The smallest absolute Gasteiger partial charge is 0.227 e. The summed E-state index contributed by atoms with van der Waals surface area (Å²) in [7, 11) is 0. The fourth-order valence-corrected chi connectivity index (χ4v) is 2.62. The van der Waals surface area contributed by atoms with E-state index in [-0.39, 0.29) is 17.9 Å². The number of nitrogens with one attached hydrogen (secondary N) is 1. The predicted octanol–water partition coefficient (Wildman–Crippen LogP) is 0.991. The van der Waals surface area contributed by atoms with Crippen molar-refractivity contribution in [2.24, 2.45) is 11.7 Å². The Morgan fingerprint density at radius 2 is 2.44 bits per heavy atom. The second-order valence-electron chi connectivity index (χ2n) is 3.73. The van der Waals surface area contributed by atoms with Gasteiger partial charge in [0.15, 0.2) is 0 Å². The van der Waals surface area contributed by atoms with Crippen LogP contribution in [0.1, 0.15) is 4.88 Å². The van der Waals surface area contributed by atoms with Crippen molar-refractivity contribution in [1.82, 2.24) is 5.32 Å². The van der Waals surface area contributed by atoms with Crippen molar-refractivity contribution >= 4 is 28.8 Å². The molecule has 0 bridgehead atoms. The van der Waals surface area contributed by atoms with E-state index in [1.165, 1.54) is 11.3 Å². The molecule has 1 aromatic heterocycles. The third-order valence-electron chi connectivity index (χ3n) is 2.53. The first-order valence-electron chi connectivity index (χ1n) is 5.02. The third-order valence-corrected chi connectivity index (χ3v) is 3.76. The first-order valence-corrected chi connectivity index (χ1v) is 6.21. The first-order chi connectivity index (χ1) is 7.66. The van der Waals surface area contributed by atoms with E-state index in [0.29, 0.717) is 19.8 Å². The number of thiophene rings is 1. The van der Waals surface area contributed by atoms with Crippen molar-refractivity contribution in [3.63, 3.8) is 0 Å². The molecule has 1 amide bonds. The van der Waals surface area contributed by atoms with Gasteiger partial charge >= 0.3 is 0 Å². The Morgan fingerprint density at radius 3 is 3.00 bits per heavy atom. The van der Waals surface area contributed by atoms with Gasteiger partial charge in [0.25, 0.3) is 0 Å². The van der Waals surface area contributed by atoms with E-state index in [1.807, 2.05) is 12.1 Å². The lowest BCUT2D eigenvalue weighted by molar-refractivity contribution is -0.125. The summed E-state index contributed by atoms with van der Waals surface area (Å²) in [6, 6.07) is 3.53. The molecule has 1 aliphatic heterocycles. The lowest BCUT2D eigenvalue weighted by Crippen LogP contribution is -2.40. The van der Waals surface area contributed by atoms with Crippen molar-refractivity contribution in [2.75, 3.05) is 13.2 Å². The Morgan fingerprint density at radius 1 is 1.62 bits per heavy atom. The van der Waals surface area contributed by atoms with Crippen LogP contribution in [0.3, 0.4) is 0 Å². The Labute approximate surface area is 103 Å². The molecule has 2 rings (SSSR count). The summed E-state index contributed by atoms with van der Waals surface area (Å²) in [5, 5.41) is 2.84. The van der Waals surface area contributed by atoms with Gasteiger partial charge in [-0.15, -0.1) is 11.3 Å². The highest BCUT2D eigenvalue weighted by Crippen LogP contribution is 2.21. The molecule has 6 heteroatoms. The number of carbonyl (C=O) groups is 1. The average molecular weight is 261 g/mol. The third kappa shape index (κ3) is 2.74. The highest BCUT2D eigenvalue weighted by atomic mass is 35.5. The SMILES string of the molecule is NC1COCC1C(=O)NCc1ccc(Cl)s1. The van der Waals surface area contributed by atoms with Gasteiger partial charge in [0.2, 0.25) is 5.91 Å². The molecule has 1 saturated heterocycles. The minimum atomic E-state index is -0.226. The second-order valence-corrected chi connectivity index (χ2v) is 5.53. The van der Waals surface area contributed by atoms with Gasteiger partial charge in [-0.2, -0.15) is 0 Å². The topological polar surface area (TPSA) is 64.3 Å². The standard InChI is InChI=1S/C10H13ClN2O2S/c11-9-2-1-6(16-9)3-13-10(14)7-4-15-5-8(7)12/h1-2,7-8H,3-5,12H2,(H,13,14). The summed E-state index contributed by atoms with van der Waals surface area (Å²) < 4.78 is 5.87. The van der Waals surface area contributed by atoms with Crippen molar-refractivity contribution in [1.29, 1.82) is 0 Å². The molecule has 2 heterocycles. The largest absolute Gasteiger partial charge is 0.379 e. The maximum absolute atomic E-state index is 11.7. The van der Waals surface area contributed by atoms with E-state index in [4.69, 9.17) is 22.1 Å².